The number of rotatable bonds is 2. The number of hydrogen-bond donors (Lipinski definition) is 0. The molecule has 0 saturated carbocycles. The van der Waals surface area contributed by atoms with E-state index in [2.05, 4.69) is 0 Å². The van der Waals surface area contributed by atoms with Gasteiger partial charge in [-0.3, -0.25) is 0 Å². The molecule has 1 aromatic carbocycles. The minimum atomic E-state index is -3.93. The minimum absolute atomic E-state index is 0. The number of carbonyl (C=O) groups is 1. The van der Waals surface area contributed by atoms with Crippen molar-refractivity contribution in [1.82, 2.24) is 0 Å². The molecule has 1 aromatic rings. The van der Waals surface area contributed by atoms with Crippen LogP contribution in [0.2, 0.25) is 0 Å². The summed E-state index contributed by atoms with van der Waals surface area (Å²) in [5.41, 5.74) is 0.154. The van der Waals surface area contributed by atoms with Gasteiger partial charge in [0.15, 0.2) is 0 Å². The largest absolute Gasteiger partial charge is 1.00 e. The second-order valence-corrected chi connectivity index (χ2v) is 4.69. The number of carbonyl (C=O) groups excluding carboxylic acids is 1. The summed E-state index contributed by atoms with van der Waals surface area (Å²) in [5, 5.41) is 10.2. The van der Waals surface area contributed by atoms with E-state index in [-0.39, 0.29) is 56.8 Å². The van der Waals surface area contributed by atoms with Gasteiger partial charge in [-0.25, -0.2) is 0 Å². The predicted octanol–water partition coefficient (Wildman–Crippen LogP) is -1.17. The summed E-state index contributed by atoms with van der Waals surface area (Å²) >= 11 is 0. The molecule has 2 nitrogen and oxygen atoms in total. The molecule has 0 fully saturated rings. The molecule has 5 heteroatoms. The first kappa shape index (κ1) is 17.2. The standard InChI is InChI=1S/C12H14F2O2.K/c1-11(2,3)8-4-6-9(7-5-8)12(13,14)10(15)16;/h4-7H,1-3H3,(H,15,16);/q;+1/p-1. The molecule has 0 N–H and O–H groups in total. The van der Waals surface area contributed by atoms with Crippen LogP contribution >= 0.6 is 0 Å². The number of alkyl halides is 2. The van der Waals surface area contributed by atoms with Crippen LogP contribution in [-0.2, 0) is 16.1 Å². The molecule has 0 saturated heterocycles. The number of benzene rings is 1. The van der Waals surface area contributed by atoms with E-state index in [4.69, 9.17) is 0 Å². The van der Waals surface area contributed by atoms with Crippen molar-refractivity contribution >= 4 is 5.97 Å². The Balaban J connectivity index is 0.00000256. The van der Waals surface area contributed by atoms with E-state index < -0.39 is 17.5 Å². The van der Waals surface area contributed by atoms with E-state index in [0.717, 1.165) is 17.7 Å². The molecule has 0 aliphatic carbocycles. The van der Waals surface area contributed by atoms with Crippen LogP contribution in [0.5, 0.6) is 0 Å². The maximum absolute atomic E-state index is 13.0. The van der Waals surface area contributed by atoms with Gasteiger partial charge in [0.05, 0.1) is 0 Å². The SMILES string of the molecule is CC(C)(C)c1ccc(C(F)(F)C(=O)[O-])cc1.[K+]. The maximum atomic E-state index is 13.0. The zero-order chi connectivity index (χ0) is 12.6. The number of aliphatic carboxylic acids is 1. The Kier molecular flexibility index (Phi) is 5.95. The van der Waals surface area contributed by atoms with Gasteiger partial charge in [-0.2, -0.15) is 8.78 Å². The average molecular weight is 266 g/mol. The van der Waals surface area contributed by atoms with E-state index in [9.17, 15) is 18.7 Å². The van der Waals surface area contributed by atoms with Crippen molar-refractivity contribution in [1.29, 1.82) is 0 Å². The number of carboxylic acids is 1. The third-order valence-corrected chi connectivity index (χ3v) is 2.37. The van der Waals surface area contributed by atoms with E-state index in [0.29, 0.717) is 0 Å². The van der Waals surface area contributed by atoms with Gasteiger partial charge >= 0.3 is 57.3 Å². The molecule has 0 spiro atoms. The Hall–Kier alpha value is 0.186. The van der Waals surface area contributed by atoms with Gasteiger partial charge in [-0.15, -0.1) is 0 Å². The molecule has 0 unspecified atom stereocenters. The fourth-order valence-corrected chi connectivity index (χ4v) is 1.30. The molecule has 0 bridgehead atoms. The molecule has 0 atom stereocenters. The van der Waals surface area contributed by atoms with Crippen molar-refractivity contribution < 1.29 is 70.1 Å². The van der Waals surface area contributed by atoms with Crippen molar-refractivity contribution in [2.45, 2.75) is 32.1 Å². The van der Waals surface area contributed by atoms with Crippen LogP contribution in [0.3, 0.4) is 0 Å². The van der Waals surface area contributed by atoms with E-state index in [1.165, 1.54) is 12.1 Å². The van der Waals surface area contributed by atoms with Crippen molar-refractivity contribution in [3.63, 3.8) is 0 Å². The monoisotopic (exact) mass is 266 g/mol. The van der Waals surface area contributed by atoms with Crippen LogP contribution in [0.1, 0.15) is 31.9 Å². The molecule has 0 amide bonds. The van der Waals surface area contributed by atoms with Crippen molar-refractivity contribution in [2.75, 3.05) is 0 Å². The zero-order valence-corrected chi connectivity index (χ0v) is 13.5. The third-order valence-electron chi connectivity index (χ3n) is 2.37. The molecule has 0 aliphatic rings. The third kappa shape index (κ3) is 4.10. The van der Waals surface area contributed by atoms with E-state index in [1.54, 1.807) is 0 Å². The minimum Gasteiger partial charge on any atom is -0.544 e. The Morgan fingerprint density at radius 3 is 1.71 bits per heavy atom. The molecule has 0 aliphatic heterocycles. The van der Waals surface area contributed by atoms with Gasteiger partial charge in [-0.1, -0.05) is 45.0 Å². The smallest absolute Gasteiger partial charge is 0.544 e. The van der Waals surface area contributed by atoms with E-state index in [1.807, 2.05) is 20.8 Å². The molecule has 88 valence electrons. The fraction of sp³-hybridized carbons (Fsp3) is 0.417. The molecule has 0 radical (unpaired) electrons. The quantitative estimate of drug-likeness (QED) is 0.633. The van der Waals surface area contributed by atoms with Crippen molar-refractivity contribution in [3.05, 3.63) is 35.4 Å². The Morgan fingerprint density at radius 2 is 1.41 bits per heavy atom. The van der Waals surface area contributed by atoms with Gasteiger partial charge in [-0.05, 0) is 11.0 Å². The van der Waals surface area contributed by atoms with Crippen LogP contribution in [0, 0.1) is 0 Å². The Morgan fingerprint density at radius 1 is 1.06 bits per heavy atom. The second-order valence-electron chi connectivity index (χ2n) is 4.69. The van der Waals surface area contributed by atoms with Crippen molar-refractivity contribution in [2.24, 2.45) is 0 Å². The first-order valence-electron chi connectivity index (χ1n) is 4.86. The summed E-state index contributed by atoms with van der Waals surface area (Å²) in [6.45, 7) is 5.83. The van der Waals surface area contributed by atoms with Gasteiger partial charge in [0.2, 0.25) is 0 Å². The van der Waals surface area contributed by atoms with Crippen LogP contribution in [-0.4, -0.2) is 5.97 Å². The average Bonchev–Trinajstić information content (AvgIpc) is 2.16. The fourth-order valence-electron chi connectivity index (χ4n) is 1.30. The van der Waals surface area contributed by atoms with Crippen molar-refractivity contribution in [3.8, 4) is 0 Å². The normalized spacial score (nSPS) is 11.8. The summed E-state index contributed by atoms with van der Waals surface area (Å²) in [5.74, 6) is -6.31. The molecular weight excluding hydrogens is 253 g/mol. The molecule has 0 heterocycles. The summed E-state index contributed by atoms with van der Waals surface area (Å²) < 4.78 is 26.1. The van der Waals surface area contributed by atoms with Crippen LogP contribution in [0.15, 0.2) is 24.3 Å². The number of halogens is 2. The first-order valence-corrected chi connectivity index (χ1v) is 4.86. The molecule has 1 rings (SSSR count). The summed E-state index contributed by atoms with van der Waals surface area (Å²) in [4.78, 5) is 10.2. The maximum Gasteiger partial charge on any atom is 1.00 e. The number of carboxylic acid groups (broad SMARTS) is 1. The second kappa shape index (κ2) is 5.88. The van der Waals surface area contributed by atoms with Gasteiger partial charge < -0.3 is 9.90 Å². The summed E-state index contributed by atoms with van der Waals surface area (Å²) in [6.07, 6.45) is 0. The number of hydrogen-bond acceptors (Lipinski definition) is 2. The predicted molar refractivity (Wildman–Crippen MR) is 54.0 cm³/mol. The topological polar surface area (TPSA) is 40.1 Å². The Labute approximate surface area is 142 Å². The Bertz CT molecular complexity index is 394. The van der Waals surface area contributed by atoms with Crippen LogP contribution < -0.4 is 56.5 Å². The van der Waals surface area contributed by atoms with Crippen LogP contribution in [0.25, 0.3) is 0 Å². The molecular formula is C12H13F2KO2. The summed E-state index contributed by atoms with van der Waals surface area (Å²) in [6, 6.07) is 5.26. The van der Waals surface area contributed by atoms with Gasteiger partial charge in [0, 0.05) is 5.56 Å². The van der Waals surface area contributed by atoms with Gasteiger partial charge in [0.1, 0.15) is 5.97 Å². The van der Waals surface area contributed by atoms with Gasteiger partial charge in [0.25, 0.3) is 0 Å². The zero-order valence-electron chi connectivity index (χ0n) is 10.4. The molecule has 0 aromatic heterocycles. The summed E-state index contributed by atoms with van der Waals surface area (Å²) in [7, 11) is 0. The first-order chi connectivity index (χ1) is 7.15. The molecule has 17 heavy (non-hydrogen) atoms. The van der Waals surface area contributed by atoms with Crippen LogP contribution in [0.4, 0.5) is 8.78 Å². The van der Waals surface area contributed by atoms with E-state index >= 15 is 0 Å².